The van der Waals surface area contributed by atoms with Crippen LogP contribution in [-0.4, -0.2) is 37.2 Å². The molecule has 6 nitrogen and oxygen atoms in total. The maximum Gasteiger partial charge on any atom is 0.306 e. The predicted molar refractivity (Wildman–Crippen MR) is 362 cm³/mol. The Labute approximate surface area is 515 Å². The first-order valence-corrected chi connectivity index (χ1v) is 36.1. The first-order chi connectivity index (χ1) is 41.0. The van der Waals surface area contributed by atoms with E-state index >= 15 is 0 Å². The van der Waals surface area contributed by atoms with E-state index in [0.717, 1.165) is 89.9 Å². The molecule has 0 aliphatic heterocycles. The molecule has 0 heterocycles. The van der Waals surface area contributed by atoms with Crippen LogP contribution in [0.5, 0.6) is 0 Å². The van der Waals surface area contributed by atoms with Crippen molar-refractivity contribution in [2.24, 2.45) is 0 Å². The molecule has 0 rings (SSSR count). The molecule has 0 saturated heterocycles. The van der Waals surface area contributed by atoms with Gasteiger partial charge >= 0.3 is 17.9 Å². The molecule has 0 saturated carbocycles. The third-order valence-corrected chi connectivity index (χ3v) is 15.9. The van der Waals surface area contributed by atoms with Crippen LogP contribution in [-0.2, 0) is 28.6 Å². The summed E-state index contributed by atoms with van der Waals surface area (Å²) in [6.45, 7) is 6.50. The van der Waals surface area contributed by atoms with E-state index in [1.165, 1.54) is 231 Å². The Morgan fingerprint density at radius 3 is 0.783 bits per heavy atom. The summed E-state index contributed by atoms with van der Waals surface area (Å²) in [5.41, 5.74) is 0. The summed E-state index contributed by atoms with van der Waals surface area (Å²) in [4.78, 5) is 38.4. The zero-order valence-electron chi connectivity index (χ0n) is 55.2. The van der Waals surface area contributed by atoms with Crippen LogP contribution in [0.25, 0.3) is 0 Å². The predicted octanol–water partition coefficient (Wildman–Crippen LogP) is 25.0. The second-order valence-corrected chi connectivity index (χ2v) is 24.1. The number of hydrogen-bond acceptors (Lipinski definition) is 6. The van der Waals surface area contributed by atoms with Gasteiger partial charge in [-0.1, -0.05) is 350 Å². The lowest BCUT2D eigenvalue weighted by molar-refractivity contribution is -0.166. The Morgan fingerprint density at radius 2 is 0.494 bits per heavy atom. The van der Waals surface area contributed by atoms with Crippen molar-refractivity contribution in [2.75, 3.05) is 13.2 Å². The summed E-state index contributed by atoms with van der Waals surface area (Å²) in [7, 11) is 0. The van der Waals surface area contributed by atoms with E-state index in [-0.39, 0.29) is 37.5 Å². The van der Waals surface area contributed by atoms with Gasteiger partial charge in [0.15, 0.2) is 6.10 Å². The Bertz CT molecular complexity index is 1570. The van der Waals surface area contributed by atoms with E-state index in [4.69, 9.17) is 14.2 Å². The fraction of sp³-hybridized carbons (Fsp3) is 0.779. The van der Waals surface area contributed by atoms with Gasteiger partial charge in [0.2, 0.25) is 0 Å². The van der Waals surface area contributed by atoms with E-state index in [9.17, 15) is 14.4 Å². The largest absolute Gasteiger partial charge is 0.462 e. The minimum atomic E-state index is -0.821. The Hall–Kier alpha value is -3.41. The summed E-state index contributed by atoms with van der Waals surface area (Å²) in [6.07, 6.45) is 95.1. The molecular weight excluding hydrogens is 1020 g/mol. The highest BCUT2D eigenvalue weighted by molar-refractivity contribution is 5.71. The van der Waals surface area contributed by atoms with Crippen molar-refractivity contribution in [2.45, 2.75) is 374 Å². The molecule has 0 radical (unpaired) electrons. The van der Waals surface area contributed by atoms with Crippen molar-refractivity contribution in [3.8, 4) is 0 Å². The lowest BCUT2D eigenvalue weighted by atomic mass is 10.0. The average Bonchev–Trinajstić information content (AvgIpc) is 3.49. The summed E-state index contributed by atoms with van der Waals surface area (Å²) in [6, 6.07) is 0. The number of hydrogen-bond donors (Lipinski definition) is 0. The number of ether oxygens (including phenoxy) is 3. The molecule has 0 amide bonds. The quantitative estimate of drug-likeness (QED) is 0.0261. The molecule has 0 aromatic carbocycles. The van der Waals surface area contributed by atoms with Gasteiger partial charge in [-0.2, -0.15) is 0 Å². The molecule has 0 bridgehead atoms. The van der Waals surface area contributed by atoms with Crippen molar-refractivity contribution < 1.29 is 28.6 Å². The molecular formula is C77H136O6. The highest BCUT2D eigenvalue weighted by Crippen LogP contribution is 2.18. The van der Waals surface area contributed by atoms with Gasteiger partial charge in [0, 0.05) is 19.3 Å². The van der Waals surface area contributed by atoms with Crippen molar-refractivity contribution >= 4 is 17.9 Å². The van der Waals surface area contributed by atoms with E-state index in [1.54, 1.807) is 0 Å². The average molecular weight is 1160 g/mol. The topological polar surface area (TPSA) is 78.9 Å². The summed E-state index contributed by atoms with van der Waals surface area (Å²) >= 11 is 0. The summed E-state index contributed by atoms with van der Waals surface area (Å²) < 4.78 is 16.9. The SMILES string of the molecule is CC/C=C\C/C=C\C/C=C\C/C=C\C/C=C\C/C=C\CCC(=O)OC(COC(=O)CCCCCCC/C=C\CCCCCCC)COC(=O)CCCCCCCCCCCCCCCCCCCCCCCCCCCCCCCCCC. The van der Waals surface area contributed by atoms with Crippen molar-refractivity contribution in [3.63, 3.8) is 0 Å². The number of carbonyl (C=O) groups excluding carboxylic acids is 3. The molecule has 0 aliphatic rings. The Balaban J connectivity index is 4.24. The van der Waals surface area contributed by atoms with Crippen LogP contribution in [0, 0.1) is 0 Å². The smallest absolute Gasteiger partial charge is 0.306 e. The number of carbonyl (C=O) groups is 3. The maximum atomic E-state index is 12.9. The van der Waals surface area contributed by atoms with Gasteiger partial charge in [-0.05, 0) is 83.5 Å². The van der Waals surface area contributed by atoms with Gasteiger partial charge in [-0.25, -0.2) is 0 Å². The zero-order valence-corrected chi connectivity index (χ0v) is 55.2. The molecule has 0 aliphatic carbocycles. The number of unbranched alkanes of at least 4 members (excludes halogenated alkanes) is 41. The molecule has 480 valence electrons. The first-order valence-electron chi connectivity index (χ1n) is 36.1. The highest BCUT2D eigenvalue weighted by atomic mass is 16.6. The molecule has 0 aromatic heterocycles. The molecule has 1 atom stereocenters. The van der Waals surface area contributed by atoms with Crippen LogP contribution < -0.4 is 0 Å². The molecule has 0 N–H and O–H groups in total. The second-order valence-electron chi connectivity index (χ2n) is 24.1. The van der Waals surface area contributed by atoms with Gasteiger partial charge in [0.1, 0.15) is 13.2 Å². The van der Waals surface area contributed by atoms with Gasteiger partial charge < -0.3 is 14.2 Å². The zero-order chi connectivity index (χ0) is 59.9. The van der Waals surface area contributed by atoms with Crippen molar-refractivity contribution in [3.05, 3.63) is 85.1 Å². The van der Waals surface area contributed by atoms with Crippen molar-refractivity contribution in [1.29, 1.82) is 0 Å². The van der Waals surface area contributed by atoms with Gasteiger partial charge in [-0.15, -0.1) is 0 Å². The summed E-state index contributed by atoms with van der Waals surface area (Å²) in [5.74, 6) is -0.984. The maximum absolute atomic E-state index is 12.9. The minimum Gasteiger partial charge on any atom is -0.462 e. The van der Waals surface area contributed by atoms with Crippen LogP contribution in [0.2, 0.25) is 0 Å². The van der Waals surface area contributed by atoms with Crippen LogP contribution in [0.15, 0.2) is 85.1 Å². The van der Waals surface area contributed by atoms with Crippen molar-refractivity contribution in [1.82, 2.24) is 0 Å². The molecule has 83 heavy (non-hydrogen) atoms. The van der Waals surface area contributed by atoms with E-state index in [0.29, 0.717) is 19.3 Å². The Morgan fingerprint density at radius 1 is 0.253 bits per heavy atom. The number of esters is 3. The van der Waals surface area contributed by atoms with E-state index in [2.05, 4.69) is 99.8 Å². The molecule has 6 heteroatoms. The molecule has 1 unspecified atom stereocenters. The monoisotopic (exact) mass is 1160 g/mol. The standard InChI is InChI=1S/C77H136O6/c1-4-7-10-13-16-19-22-25-28-30-32-33-34-35-36-37-38-39-40-41-42-43-44-46-47-49-52-55-58-61-64-67-70-76(79)82-73-74(72-81-75(78)69-66-63-60-57-54-51-27-24-21-18-15-12-9-6-3)83-77(80)71-68-65-62-59-56-53-50-48-45-31-29-26-23-20-17-14-11-8-5-2/h8,11,17,20,24,26-27,29,45,48,53,56,62,65,74H,4-7,9-10,12-16,18-19,21-23,25,28,30-44,46-47,49-52,54-55,57-61,63-64,66-73H2,1-3H3/b11-8-,20-17-,27-24-,29-26-,48-45-,56-53-,65-62-. The van der Waals surface area contributed by atoms with Gasteiger partial charge in [-0.3, -0.25) is 14.4 Å². The van der Waals surface area contributed by atoms with Crippen LogP contribution >= 0.6 is 0 Å². The molecule has 0 fully saturated rings. The number of rotatable bonds is 66. The molecule has 0 aromatic rings. The first kappa shape index (κ1) is 79.6. The molecule has 0 spiro atoms. The lowest BCUT2D eigenvalue weighted by Gasteiger charge is -2.18. The normalized spacial score (nSPS) is 12.6. The Kier molecular flexibility index (Phi) is 68.2. The van der Waals surface area contributed by atoms with E-state index in [1.807, 2.05) is 6.08 Å². The van der Waals surface area contributed by atoms with Crippen LogP contribution in [0.4, 0.5) is 0 Å². The third-order valence-electron chi connectivity index (χ3n) is 15.9. The third kappa shape index (κ3) is 69.3. The van der Waals surface area contributed by atoms with E-state index < -0.39 is 6.10 Å². The van der Waals surface area contributed by atoms with Gasteiger partial charge in [0.25, 0.3) is 0 Å². The van der Waals surface area contributed by atoms with Crippen LogP contribution in [0.1, 0.15) is 367 Å². The fourth-order valence-electron chi connectivity index (χ4n) is 10.5. The lowest BCUT2D eigenvalue weighted by Crippen LogP contribution is -2.30. The summed E-state index contributed by atoms with van der Waals surface area (Å²) in [5, 5.41) is 0. The highest BCUT2D eigenvalue weighted by Gasteiger charge is 2.19. The number of allylic oxidation sites excluding steroid dienone is 14. The second kappa shape index (κ2) is 71.1. The minimum absolute atomic E-state index is 0.106. The van der Waals surface area contributed by atoms with Gasteiger partial charge in [0.05, 0.1) is 0 Å². The van der Waals surface area contributed by atoms with Crippen LogP contribution in [0.3, 0.4) is 0 Å². The fourth-order valence-corrected chi connectivity index (χ4v) is 10.5.